The number of piperazine rings is 1. The third-order valence-electron chi connectivity index (χ3n) is 4.58. The van der Waals surface area contributed by atoms with Crippen LogP contribution in [-0.4, -0.2) is 42.0 Å². The molecule has 0 bridgehead atoms. The fraction of sp³-hybridized carbons (Fsp3) is 0.316. The summed E-state index contributed by atoms with van der Waals surface area (Å²) in [6, 6.07) is 7.78. The van der Waals surface area contributed by atoms with Crippen LogP contribution in [-0.2, 0) is 12.7 Å². The second-order valence-corrected chi connectivity index (χ2v) is 7.86. The summed E-state index contributed by atoms with van der Waals surface area (Å²) < 4.78 is 38.6. The molecular formula is C19H17Cl3F3N3O. The molecule has 1 aliphatic rings. The van der Waals surface area contributed by atoms with Crippen molar-refractivity contribution < 1.29 is 18.0 Å². The molecule has 10 heteroatoms. The fourth-order valence-corrected chi connectivity index (χ4v) is 3.48. The van der Waals surface area contributed by atoms with Crippen LogP contribution in [0.2, 0.25) is 15.1 Å². The van der Waals surface area contributed by atoms with Gasteiger partial charge < -0.3 is 10.2 Å². The lowest BCUT2D eigenvalue weighted by Crippen LogP contribution is -2.49. The first-order chi connectivity index (χ1) is 13.6. The molecule has 3 rings (SSSR count). The molecule has 0 spiro atoms. The van der Waals surface area contributed by atoms with Gasteiger partial charge in [0.1, 0.15) is 0 Å². The summed E-state index contributed by atoms with van der Waals surface area (Å²) in [7, 11) is 0. The van der Waals surface area contributed by atoms with Crippen LogP contribution < -0.4 is 5.32 Å². The Morgan fingerprint density at radius 2 is 1.59 bits per heavy atom. The van der Waals surface area contributed by atoms with Gasteiger partial charge in [-0.15, -0.1) is 0 Å². The molecule has 2 aromatic carbocycles. The molecule has 0 atom stereocenters. The molecule has 1 heterocycles. The molecule has 0 saturated carbocycles. The van der Waals surface area contributed by atoms with Gasteiger partial charge >= 0.3 is 12.2 Å². The van der Waals surface area contributed by atoms with Crippen molar-refractivity contribution in [2.24, 2.45) is 0 Å². The molecule has 156 valence electrons. The Kier molecular flexibility index (Phi) is 6.83. The van der Waals surface area contributed by atoms with Gasteiger partial charge in [-0.05, 0) is 35.9 Å². The van der Waals surface area contributed by atoms with Gasteiger partial charge in [0.2, 0.25) is 0 Å². The number of alkyl halides is 3. The number of anilines is 1. The van der Waals surface area contributed by atoms with Crippen molar-refractivity contribution in [1.82, 2.24) is 9.80 Å². The highest BCUT2D eigenvalue weighted by atomic mass is 35.5. The molecule has 1 saturated heterocycles. The summed E-state index contributed by atoms with van der Waals surface area (Å²) in [6.45, 7) is 2.76. The third kappa shape index (κ3) is 5.69. The van der Waals surface area contributed by atoms with Crippen molar-refractivity contribution in [3.63, 3.8) is 0 Å². The molecule has 1 aliphatic heterocycles. The topological polar surface area (TPSA) is 35.6 Å². The van der Waals surface area contributed by atoms with E-state index in [4.69, 9.17) is 34.8 Å². The third-order valence-corrected chi connectivity index (χ3v) is 5.65. The van der Waals surface area contributed by atoms with Crippen LogP contribution in [0.25, 0.3) is 0 Å². The van der Waals surface area contributed by atoms with E-state index < -0.39 is 17.8 Å². The van der Waals surface area contributed by atoms with Gasteiger partial charge in [-0.2, -0.15) is 13.2 Å². The van der Waals surface area contributed by atoms with Gasteiger partial charge in [0.15, 0.2) is 0 Å². The number of benzene rings is 2. The molecule has 0 unspecified atom stereocenters. The van der Waals surface area contributed by atoms with Gasteiger partial charge in [0, 0.05) is 32.7 Å². The van der Waals surface area contributed by atoms with E-state index in [0.29, 0.717) is 42.8 Å². The van der Waals surface area contributed by atoms with Crippen molar-refractivity contribution in [2.45, 2.75) is 12.7 Å². The zero-order valence-corrected chi connectivity index (χ0v) is 17.3. The summed E-state index contributed by atoms with van der Waals surface area (Å²) in [5.74, 6) is 0. The highest BCUT2D eigenvalue weighted by Crippen LogP contribution is 2.34. The van der Waals surface area contributed by atoms with Crippen molar-refractivity contribution in [3.05, 3.63) is 62.6 Å². The number of amides is 2. The predicted octanol–water partition coefficient (Wildman–Crippen LogP) is 6.02. The van der Waals surface area contributed by atoms with Crippen LogP contribution in [0, 0.1) is 0 Å². The zero-order chi connectivity index (χ0) is 21.2. The van der Waals surface area contributed by atoms with Crippen LogP contribution >= 0.6 is 34.8 Å². The van der Waals surface area contributed by atoms with Gasteiger partial charge in [-0.3, -0.25) is 4.90 Å². The SMILES string of the molecule is O=C(Nc1cc(C(F)(F)F)ccc1Cl)N1CCN(Cc2ccc(Cl)c(Cl)c2)CC1. The number of urea groups is 1. The van der Waals surface area contributed by atoms with E-state index in [1.165, 1.54) is 0 Å². The number of nitrogens with one attached hydrogen (secondary N) is 1. The van der Waals surface area contributed by atoms with Crippen LogP contribution in [0.1, 0.15) is 11.1 Å². The van der Waals surface area contributed by atoms with Crippen LogP contribution in [0.15, 0.2) is 36.4 Å². The molecular weight excluding hydrogens is 450 g/mol. The Labute approximate surface area is 181 Å². The molecule has 0 aliphatic carbocycles. The molecule has 0 radical (unpaired) electrons. The minimum absolute atomic E-state index is 0.0459. The Hall–Kier alpha value is -1.67. The predicted molar refractivity (Wildman–Crippen MR) is 109 cm³/mol. The number of halogens is 6. The van der Waals surface area contributed by atoms with E-state index >= 15 is 0 Å². The monoisotopic (exact) mass is 465 g/mol. The van der Waals surface area contributed by atoms with Crippen LogP contribution in [0.5, 0.6) is 0 Å². The summed E-state index contributed by atoms with van der Waals surface area (Å²) in [4.78, 5) is 16.1. The molecule has 2 aromatic rings. The maximum Gasteiger partial charge on any atom is 0.416 e. The van der Waals surface area contributed by atoms with E-state index in [0.717, 1.165) is 23.8 Å². The Morgan fingerprint density at radius 1 is 0.931 bits per heavy atom. The molecule has 1 fully saturated rings. The van der Waals surface area contributed by atoms with E-state index in [1.807, 2.05) is 6.07 Å². The average molecular weight is 467 g/mol. The van der Waals surface area contributed by atoms with Gasteiger partial charge in [0.05, 0.1) is 26.3 Å². The van der Waals surface area contributed by atoms with Crippen molar-refractivity contribution in [2.75, 3.05) is 31.5 Å². The van der Waals surface area contributed by atoms with Gasteiger partial charge in [-0.1, -0.05) is 40.9 Å². The summed E-state index contributed by atoms with van der Waals surface area (Å²) >= 11 is 17.9. The van der Waals surface area contributed by atoms with E-state index in [2.05, 4.69) is 10.2 Å². The number of carbonyl (C=O) groups excluding carboxylic acids is 1. The van der Waals surface area contributed by atoms with Crippen molar-refractivity contribution in [3.8, 4) is 0 Å². The first-order valence-corrected chi connectivity index (χ1v) is 9.86. The number of hydrogen-bond acceptors (Lipinski definition) is 2. The van der Waals surface area contributed by atoms with Crippen molar-refractivity contribution >= 4 is 46.5 Å². The first kappa shape index (κ1) is 22.0. The first-order valence-electron chi connectivity index (χ1n) is 8.72. The van der Waals surface area contributed by atoms with Crippen LogP contribution in [0.4, 0.5) is 23.7 Å². The molecule has 29 heavy (non-hydrogen) atoms. The summed E-state index contributed by atoms with van der Waals surface area (Å²) in [5.41, 5.74) is 0.0708. The highest BCUT2D eigenvalue weighted by molar-refractivity contribution is 6.42. The zero-order valence-electron chi connectivity index (χ0n) is 15.1. The lowest BCUT2D eigenvalue weighted by molar-refractivity contribution is -0.137. The van der Waals surface area contributed by atoms with Crippen molar-refractivity contribution in [1.29, 1.82) is 0 Å². The number of nitrogens with zero attached hydrogens (tertiary/aromatic N) is 2. The van der Waals surface area contributed by atoms with E-state index in [-0.39, 0.29) is 10.7 Å². The largest absolute Gasteiger partial charge is 0.416 e. The lowest BCUT2D eigenvalue weighted by Gasteiger charge is -2.34. The minimum atomic E-state index is -4.51. The number of hydrogen-bond donors (Lipinski definition) is 1. The van der Waals surface area contributed by atoms with E-state index in [1.54, 1.807) is 17.0 Å². The molecule has 2 amide bonds. The fourth-order valence-electron chi connectivity index (χ4n) is 3.00. The van der Waals surface area contributed by atoms with Gasteiger partial charge in [-0.25, -0.2) is 4.79 Å². The quantitative estimate of drug-likeness (QED) is 0.601. The lowest BCUT2D eigenvalue weighted by atomic mass is 10.2. The van der Waals surface area contributed by atoms with Gasteiger partial charge in [0.25, 0.3) is 0 Å². The normalized spacial score (nSPS) is 15.4. The van der Waals surface area contributed by atoms with Crippen LogP contribution in [0.3, 0.4) is 0 Å². The Bertz CT molecular complexity index is 900. The number of carbonyl (C=O) groups is 1. The second-order valence-electron chi connectivity index (χ2n) is 6.63. The second kappa shape index (κ2) is 9.00. The summed E-state index contributed by atoms with van der Waals surface area (Å²) in [6.07, 6.45) is -4.51. The Balaban J connectivity index is 1.57. The minimum Gasteiger partial charge on any atom is -0.322 e. The maximum atomic E-state index is 12.9. The molecule has 0 aromatic heterocycles. The maximum absolute atomic E-state index is 12.9. The molecule has 4 nitrogen and oxygen atoms in total. The average Bonchev–Trinajstić information content (AvgIpc) is 2.66. The highest BCUT2D eigenvalue weighted by Gasteiger charge is 2.31. The smallest absolute Gasteiger partial charge is 0.322 e. The van der Waals surface area contributed by atoms with E-state index in [9.17, 15) is 18.0 Å². The standard InChI is InChI=1S/C19H17Cl3F3N3O/c20-14-3-1-12(9-16(14)22)11-27-5-7-28(8-6-27)18(29)26-17-10-13(19(23,24)25)2-4-15(17)21/h1-4,9-10H,5-8,11H2,(H,26,29). The Morgan fingerprint density at radius 3 is 2.21 bits per heavy atom. The summed E-state index contributed by atoms with van der Waals surface area (Å²) in [5, 5.41) is 3.50. The molecule has 1 N–H and O–H groups in total. The number of rotatable bonds is 3.